The highest BCUT2D eigenvalue weighted by Gasteiger charge is 2.39. The summed E-state index contributed by atoms with van der Waals surface area (Å²) in [5.41, 5.74) is 8.49. The lowest BCUT2D eigenvalue weighted by molar-refractivity contribution is -0.142. The lowest BCUT2D eigenvalue weighted by Crippen LogP contribution is -2.12. The Morgan fingerprint density at radius 3 is 1.31 bits per heavy atom. The first-order chi connectivity index (χ1) is 30.6. The second-order valence-corrected chi connectivity index (χ2v) is 16.6. The average molecular weight is 854 g/mol. The predicted octanol–water partition coefficient (Wildman–Crippen LogP) is 16.7. The molecule has 0 saturated carbocycles. The molecule has 0 aliphatic carbocycles. The first-order valence-electron chi connectivity index (χ1n) is 20.7. The highest BCUT2D eigenvalue weighted by atomic mass is 19.4. The summed E-state index contributed by atoms with van der Waals surface area (Å²) in [6, 6.07) is 45.4. The van der Waals surface area contributed by atoms with Gasteiger partial charge in [0.15, 0.2) is 5.69 Å². The smallest absolute Gasteiger partial charge is 0.308 e. The molecular formula is C55H37F6N3. The predicted molar refractivity (Wildman–Crippen MR) is 247 cm³/mol. The Hall–Kier alpha value is -7.57. The number of hydrogen-bond acceptors (Lipinski definition) is 0. The first-order valence-corrected chi connectivity index (χ1v) is 20.7. The SMILES string of the molecule is [C-]#[N+]c1cc(-n2c3ccccc3c3ccc(-c4cc(C)cc(C)c4)cc32)c(-n2c3ccccc3c3ccc(-c4cc(C)cc(C)c4)cc32)cc1-c1ccc(C(F)(F)F)cc1C(F)(F)F. The molecule has 0 saturated heterocycles. The van der Waals surface area contributed by atoms with E-state index in [0.29, 0.717) is 17.4 Å². The molecule has 0 aliphatic heterocycles. The number of aryl methyl sites for hydroxylation is 4. The maximum absolute atomic E-state index is 15.0. The van der Waals surface area contributed by atoms with E-state index in [1.807, 2.05) is 86.9 Å². The number of aromatic nitrogens is 2. The van der Waals surface area contributed by atoms with Gasteiger partial charge in [-0.05, 0) is 110 Å². The van der Waals surface area contributed by atoms with Gasteiger partial charge in [-0.25, -0.2) is 4.85 Å². The number of nitrogens with zero attached hydrogens (tertiary/aromatic N) is 3. The minimum Gasteiger partial charge on any atom is -0.308 e. The number of benzene rings is 8. The molecule has 3 nitrogen and oxygen atoms in total. The molecule has 314 valence electrons. The monoisotopic (exact) mass is 853 g/mol. The van der Waals surface area contributed by atoms with Gasteiger partial charge in [0.25, 0.3) is 0 Å². The quantitative estimate of drug-likeness (QED) is 0.121. The van der Waals surface area contributed by atoms with Crippen molar-refractivity contribution in [1.82, 2.24) is 9.13 Å². The van der Waals surface area contributed by atoms with Crippen LogP contribution in [0.5, 0.6) is 0 Å². The van der Waals surface area contributed by atoms with Crippen molar-refractivity contribution < 1.29 is 26.3 Å². The standard InChI is InChI=1S/C55H37F6N3/c1-31-20-32(2)23-37(22-31)35-14-17-43-41-10-6-8-12-48(41)63(50(43)26-35)52-29-45(40-19-16-39(54(56,57)58)28-46(40)55(59,60)61)47(62-5)30-53(52)64-49-13-9-7-11-42(49)44-18-15-36(27-51(44)64)38-24-33(3)21-34(4)25-38/h6-30H,1-4H3. The van der Waals surface area contributed by atoms with Crippen LogP contribution in [0.3, 0.4) is 0 Å². The molecule has 0 unspecified atom stereocenters. The highest BCUT2D eigenvalue weighted by Crippen LogP contribution is 2.48. The summed E-state index contributed by atoms with van der Waals surface area (Å²) >= 11 is 0. The van der Waals surface area contributed by atoms with Crippen molar-refractivity contribution in [2.45, 2.75) is 40.0 Å². The van der Waals surface area contributed by atoms with Crippen molar-refractivity contribution in [3.63, 3.8) is 0 Å². The topological polar surface area (TPSA) is 14.2 Å². The van der Waals surface area contributed by atoms with Crippen LogP contribution in [0.15, 0.2) is 152 Å². The van der Waals surface area contributed by atoms with Gasteiger partial charge in [-0.15, -0.1) is 0 Å². The van der Waals surface area contributed by atoms with Gasteiger partial charge in [0, 0.05) is 21.5 Å². The summed E-state index contributed by atoms with van der Waals surface area (Å²) in [5.74, 6) is 0. The molecule has 0 bridgehead atoms. The fourth-order valence-electron chi connectivity index (χ4n) is 9.52. The summed E-state index contributed by atoms with van der Waals surface area (Å²) in [6.07, 6.45) is -10.2. The summed E-state index contributed by atoms with van der Waals surface area (Å²) < 4.78 is 91.1. The van der Waals surface area contributed by atoms with Gasteiger partial charge in [-0.1, -0.05) is 125 Å². The fraction of sp³-hybridized carbons (Fsp3) is 0.109. The van der Waals surface area contributed by atoms with E-state index in [2.05, 4.69) is 76.1 Å². The Balaban J connectivity index is 1.37. The second-order valence-electron chi connectivity index (χ2n) is 16.6. The molecule has 10 aromatic rings. The van der Waals surface area contributed by atoms with Gasteiger partial charge in [0.2, 0.25) is 0 Å². The molecule has 0 atom stereocenters. The van der Waals surface area contributed by atoms with Gasteiger partial charge in [-0.3, -0.25) is 0 Å². The van der Waals surface area contributed by atoms with Gasteiger partial charge < -0.3 is 9.13 Å². The zero-order chi connectivity index (χ0) is 44.8. The Labute approximate surface area is 364 Å². The molecule has 8 aromatic carbocycles. The van der Waals surface area contributed by atoms with E-state index in [-0.39, 0.29) is 17.3 Å². The van der Waals surface area contributed by atoms with E-state index in [0.717, 1.165) is 94.2 Å². The third kappa shape index (κ3) is 6.78. The number of hydrogen-bond donors (Lipinski definition) is 0. The minimum atomic E-state index is -5.18. The van der Waals surface area contributed by atoms with E-state index in [4.69, 9.17) is 6.57 Å². The normalized spacial score (nSPS) is 12.2. The molecule has 0 radical (unpaired) electrons. The lowest BCUT2D eigenvalue weighted by atomic mass is 9.94. The number of para-hydroxylation sites is 2. The van der Waals surface area contributed by atoms with Crippen molar-refractivity contribution in [2.24, 2.45) is 0 Å². The van der Waals surface area contributed by atoms with Crippen LogP contribution in [0, 0.1) is 34.3 Å². The summed E-state index contributed by atoms with van der Waals surface area (Å²) in [5, 5.41) is 3.61. The van der Waals surface area contributed by atoms with Crippen molar-refractivity contribution in [3.8, 4) is 44.8 Å². The second kappa shape index (κ2) is 14.8. The largest absolute Gasteiger partial charge is 0.416 e. The van der Waals surface area contributed by atoms with Crippen LogP contribution in [-0.4, -0.2) is 9.13 Å². The zero-order valence-electron chi connectivity index (χ0n) is 35.0. The maximum atomic E-state index is 15.0. The first kappa shape index (κ1) is 40.5. The Bertz CT molecular complexity index is 3560. The molecular weight excluding hydrogens is 817 g/mol. The minimum absolute atomic E-state index is 0.134. The van der Waals surface area contributed by atoms with E-state index >= 15 is 13.2 Å². The van der Waals surface area contributed by atoms with Crippen molar-refractivity contribution in [2.75, 3.05) is 0 Å². The molecule has 0 N–H and O–H groups in total. The number of alkyl halides is 6. The van der Waals surface area contributed by atoms with Crippen molar-refractivity contribution in [1.29, 1.82) is 0 Å². The lowest BCUT2D eigenvalue weighted by Gasteiger charge is -2.22. The molecule has 64 heavy (non-hydrogen) atoms. The van der Waals surface area contributed by atoms with Gasteiger partial charge in [0.1, 0.15) is 0 Å². The van der Waals surface area contributed by atoms with Crippen LogP contribution in [0.25, 0.3) is 93.2 Å². The Kier molecular flexibility index (Phi) is 9.35. The molecule has 10 rings (SSSR count). The molecule has 0 spiro atoms. The summed E-state index contributed by atoms with van der Waals surface area (Å²) in [4.78, 5) is 3.81. The highest BCUT2D eigenvalue weighted by molar-refractivity contribution is 6.13. The molecule has 2 aromatic heterocycles. The molecule has 0 fully saturated rings. The van der Waals surface area contributed by atoms with Gasteiger partial charge in [0.05, 0.1) is 51.1 Å². The van der Waals surface area contributed by atoms with Gasteiger partial charge >= 0.3 is 12.4 Å². The van der Waals surface area contributed by atoms with E-state index in [9.17, 15) is 13.2 Å². The van der Waals surface area contributed by atoms with Gasteiger partial charge in [-0.2, -0.15) is 26.3 Å². The van der Waals surface area contributed by atoms with Crippen molar-refractivity contribution >= 4 is 49.3 Å². The van der Waals surface area contributed by atoms with Crippen LogP contribution < -0.4 is 0 Å². The van der Waals surface area contributed by atoms with Crippen molar-refractivity contribution in [3.05, 3.63) is 196 Å². The third-order valence-electron chi connectivity index (χ3n) is 12.1. The summed E-state index contributed by atoms with van der Waals surface area (Å²) in [7, 11) is 0. The molecule has 0 amide bonds. The van der Waals surface area contributed by atoms with Crippen LogP contribution in [0.4, 0.5) is 32.0 Å². The van der Waals surface area contributed by atoms with Crippen LogP contribution in [0.2, 0.25) is 0 Å². The molecule has 0 aliphatic rings. The van der Waals surface area contributed by atoms with E-state index in [1.54, 1.807) is 12.1 Å². The van der Waals surface area contributed by atoms with Crippen LogP contribution in [0.1, 0.15) is 33.4 Å². The Morgan fingerprint density at radius 2 is 0.859 bits per heavy atom. The third-order valence-corrected chi connectivity index (χ3v) is 12.1. The van der Waals surface area contributed by atoms with E-state index in [1.165, 1.54) is 0 Å². The molecule has 9 heteroatoms. The van der Waals surface area contributed by atoms with Crippen LogP contribution >= 0.6 is 0 Å². The number of halogens is 6. The average Bonchev–Trinajstić information content (AvgIpc) is 3.76. The number of fused-ring (bicyclic) bond motifs is 6. The number of rotatable bonds is 5. The Morgan fingerprint density at radius 1 is 0.406 bits per heavy atom. The summed E-state index contributed by atoms with van der Waals surface area (Å²) in [6.45, 7) is 16.6. The fourth-order valence-corrected chi connectivity index (χ4v) is 9.52. The van der Waals surface area contributed by atoms with Crippen LogP contribution in [-0.2, 0) is 12.4 Å². The van der Waals surface area contributed by atoms with E-state index < -0.39 is 29.0 Å². The molecule has 2 heterocycles. The zero-order valence-corrected chi connectivity index (χ0v) is 35.0. The maximum Gasteiger partial charge on any atom is 0.416 e.